The van der Waals surface area contributed by atoms with Crippen molar-refractivity contribution in [3.8, 4) is 5.75 Å². The summed E-state index contributed by atoms with van der Waals surface area (Å²) in [4.78, 5) is 18.2. The van der Waals surface area contributed by atoms with Crippen LogP contribution in [0.15, 0.2) is 60.8 Å². The number of benzene rings is 2. The van der Waals surface area contributed by atoms with Gasteiger partial charge in [0.05, 0.1) is 19.1 Å². The summed E-state index contributed by atoms with van der Waals surface area (Å²) in [6.45, 7) is 0.560. The second-order valence-electron chi connectivity index (χ2n) is 8.02. The van der Waals surface area contributed by atoms with Crippen molar-refractivity contribution in [2.75, 3.05) is 18.1 Å². The Morgan fingerprint density at radius 2 is 1.82 bits per heavy atom. The van der Waals surface area contributed by atoms with Crippen LogP contribution < -0.4 is 9.64 Å². The third-order valence-corrected chi connectivity index (χ3v) is 5.62. The van der Waals surface area contributed by atoms with Crippen molar-refractivity contribution < 1.29 is 32.2 Å². The minimum atomic E-state index is -4.53. The van der Waals surface area contributed by atoms with Gasteiger partial charge in [0, 0.05) is 30.4 Å². The van der Waals surface area contributed by atoms with E-state index in [4.69, 9.17) is 4.74 Å². The maximum absolute atomic E-state index is 13.2. The number of nitrogens with zero attached hydrogens (tertiary/aromatic N) is 2. The van der Waals surface area contributed by atoms with Crippen LogP contribution in [0.3, 0.4) is 0 Å². The molecule has 1 aromatic heterocycles. The molecule has 4 rings (SSSR count). The van der Waals surface area contributed by atoms with Crippen molar-refractivity contribution in [2.45, 2.75) is 31.5 Å². The molecule has 1 N–H and O–H groups in total. The molecule has 1 atom stereocenters. The molecule has 0 bridgehead atoms. The van der Waals surface area contributed by atoms with Gasteiger partial charge >= 0.3 is 6.18 Å². The van der Waals surface area contributed by atoms with Crippen LogP contribution in [-0.4, -0.2) is 29.1 Å². The fourth-order valence-electron chi connectivity index (χ4n) is 3.78. The van der Waals surface area contributed by atoms with Crippen LogP contribution >= 0.6 is 0 Å². The Balaban J connectivity index is 1.58. The van der Waals surface area contributed by atoms with Gasteiger partial charge in [-0.3, -0.25) is 9.78 Å². The van der Waals surface area contributed by atoms with Gasteiger partial charge < -0.3 is 14.7 Å². The summed E-state index contributed by atoms with van der Waals surface area (Å²) in [5.41, 5.74) is 1.27. The van der Waals surface area contributed by atoms with Crippen LogP contribution in [0.1, 0.15) is 34.9 Å². The molecule has 5 nitrogen and oxygen atoms in total. The Kier molecular flexibility index (Phi) is 6.83. The number of halogens is 4. The molecule has 0 fully saturated rings. The van der Waals surface area contributed by atoms with Gasteiger partial charge in [0.25, 0.3) is 0 Å². The Hall–Kier alpha value is -3.46. The summed E-state index contributed by atoms with van der Waals surface area (Å²) in [5.74, 6) is -0.149. The van der Waals surface area contributed by atoms with Crippen LogP contribution in [0.25, 0.3) is 0 Å². The van der Waals surface area contributed by atoms with Gasteiger partial charge in [0.1, 0.15) is 17.3 Å². The van der Waals surface area contributed by atoms with Gasteiger partial charge in [-0.05, 0) is 53.9 Å². The number of hydrogen-bond donors (Lipinski definition) is 1. The van der Waals surface area contributed by atoms with Crippen molar-refractivity contribution >= 4 is 11.6 Å². The van der Waals surface area contributed by atoms with Crippen molar-refractivity contribution in [2.24, 2.45) is 0 Å². The van der Waals surface area contributed by atoms with Crippen molar-refractivity contribution in [1.82, 2.24) is 4.98 Å². The number of aromatic nitrogens is 1. The normalized spacial score (nSPS) is 15.4. The largest absolute Gasteiger partial charge is 0.493 e. The predicted octanol–water partition coefficient (Wildman–Crippen LogP) is 4.87. The maximum atomic E-state index is 13.2. The van der Waals surface area contributed by atoms with E-state index >= 15 is 0 Å². The quantitative estimate of drug-likeness (QED) is 0.518. The second-order valence-corrected chi connectivity index (χ2v) is 8.02. The van der Waals surface area contributed by atoms with E-state index in [1.165, 1.54) is 35.2 Å². The average molecular weight is 474 g/mol. The lowest BCUT2D eigenvalue weighted by Crippen LogP contribution is -2.34. The first-order valence-corrected chi connectivity index (χ1v) is 10.7. The number of pyridine rings is 1. The lowest BCUT2D eigenvalue weighted by Gasteiger charge is -2.27. The number of aliphatic hydroxyl groups excluding tert-OH is 1. The SMILES string of the molecule is O=C(Cc1ccc(F)cc1)N(CCc1ccc(C(F)(F)F)nc1)c1ccc2c(c1)C(O)CCO2. The molecule has 34 heavy (non-hydrogen) atoms. The molecule has 1 unspecified atom stereocenters. The Labute approximate surface area is 193 Å². The first-order valence-electron chi connectivity index (χ1n) is 10.7. The molecule has 9 heteroatoms. The van der Waals surface area contributed by atoms with E-state index in [1.54, 1.807) is 18.2 Å². The van der Waals surface area contributed by atoms with E-state index in [9.17, 15) is 27.5 Å². The highest BCUT2D eigenvalue weighted by molar-refractivity contribution is 5.95. The molecule has 1 aliphatic heterocycles. The Bertz CT molecular complexity index is 1150. The maximum Gasteiger partial charge on any atom is 0.433 e. The smallest absolute Gasteiger partial charge is 0.433 e. The van der Waals surface area contributed by atoms with E-state index < -0.39 is 23.8 Å². The lowest BCUT2D eigenvalue weighted by molar-refractivity contribution is -0.141. The molecule has 0 aliphatic carbocycles. The van der Waals surface area contributed by atoms with Crippen LogP contribution in [0.2, 0.25) is 0 Å². The second kappa shape index (κ2) is 9.80. The van der Waals surface area contributed by atoms with Crippen LogP contribution in [0.5, 0.6) is 5.75 Å². The topological polar surface area (TPSA) is 62.7 Å². The molecular formula is C25H22F4N2O3. The van der Waals surface area contributed by atoms with E-state index in [1.807, 2.05) is 0 Å². The number of alkyl halides is 3. The molecule has 0 saturated carbocycles. The highest BCUT2D eigenvalue weighted by Gasteiger charge is 2.32. The molecule has 3 aromatic rings. The van der Waals surface area contributed by atoms with Crippen molar-refractivity contribution in [3.63, 3.8) is 0 Å². The molecule has 178 valence electrons. The number of carbonyl (C=O) groups is 1. The zero-order valence-electron chi connectivity index (χ0n) is 18.1. The predicted molar refractivity (Wildman–Crippen MR) is 117 cm³/mol. The van der Waals surface area contributed by atoms with E-state index in [0.29, 0.717) is 41.2 Å². The van der Waals surface area contributed by atoms with E-state index in [-0.39, 0.29) is 25.3 Å². The summed E-state index contributed by atoms with van der Waals surface area (Å²) >= 11 is 0. The number of anilines is 1. The molecule has 0 spiro atoms. The standard InChI is InChI=1S/C25H22F4N2O3/c26-18-4-1-16(2-5-18)13-24(33)31(11-9-17-3-8-23(30-15-17)25(27,28)29)19-6-7-22-20(14-19)21(32)10-12-34-22/h1-8,14-15,21,32H,9-13H2. The molecule has 1 aliphatic rings. The third-order valence-electron chi connectivity index (χ3n) is 5.62. The van der Waals surface area contributed by atoms with Gasteiger partial charge in [-0.15, -0.1) is 0 Å². The number of amides is 1. The first kappa shape index (κ1) is 23.7. The summed E-state index contributed by atoms with van der Waals surface area (Å²) in [7, 11) is 0. The van der Waals surface area contributed by atoms with E-state index in [2.05, 4.69) is 4.98 Å². The van der Waals surface area contributed by atoms with Crippen molar-refractivity contribution in [1.29, 1.82) is 0 Å². The monoisotopic (exact) mass is 474 g/mol. The molecule has 2 aromatic carbocycles. The zero-order valence-corrected chi connectivity index (χ0v) is 18.1. The summed E-state index contributed by atoms with van der Waals surface area (Å²) < 4.78 is 57.2. The Morgan fingerprint density at radius 3 is 2.50 bits per heavy atom. The fraction of sp³-hybridized carbons (Fsp3) is 0.280. The Morgan fingerprint density at radius 1 is 1.09 bits per heavy atom. The number of rotatable bonds is 6. The molecular weight excluding hydrogens is 452 g/mol. The van der Waals surface area contributed by atoms with Gasteiger partial charge in [-0.25, -0.2) is 4.39 Å². The molecule has 0 radical (unpaired) electrons. The third kappa shape index (κ3) is 5.53. The molecule has 2 heterocycles. The van der Waals surface area contributed by atoms with Crippen molar-refractivity contribution in [3.05, 3.63) is 89.0 Å². The van der Waals surface area contributed by atoms with Crippen LogP contribution in [-0.2, 0) is 23.8 Å². The number of ether oxygens (including phenoxy) is 1. The summed E-state index contributed by atoms with van der Waals surface area (Å²) in [6.07, 6.45) is -3.41. The summed E-state index contributed by atoms with van der Waals surface area (Å²) in [6, 6.07) is 12.9. The minimum Gasteiger partial charge on any atom is -0.493 e. The number of fused-ring (bicyclic) bond motifs is 1. The zero-order chi connectivity index (χ0) is 24.3. The molecule has 0 saturated heterocycles. The highest BCUT2D eigenvalue weighted by atomic mass is 19.4. The first-order chi connectivity index (χ1) is 16.2. The minimum absolute atomic E-state index is 0.00167. The fourth-order valence-corrected chi connectivity index (χ4v) is 3.78. The van der Waals surface area contributed by atoms with Gasteiger partial charge in [0.2, 0.25) is 5.91 Å². The summed E-state index contributed by atoms with van der Waals surface area (Å²) in [5, 5.41) is 10.3. The van der Waals surface area contributed by atoms with Crippen LogP contribution in [0, 0.1) is 5.82 Å². The van der Waals surface area contributed by atoms with E-state index in [0.717, 1.165) is 12.3 Å². The highest BCUT2D eigenvalue weighted by Crippen LogP contribution is 2.35. The van der Waals surface area contributed by atoms with Gasteiger partial charge in [0.15, 0.2) is 0 Å². The van der Waals surface area contributed by atoms with Gasteiger partial charge in [-0.2, -0.15) is 13.2 Å². The number of hydrogen-bond acceptors (Lipinski definition) is 4. The average Bonchev–Trinajstić information content (AvgIpc) is 2.81. The number of aliphatic hydroxyl groups is 1. The lowest BCUT2D eigenvalue weighted by atomic mass is 10.0. The number of carbonyl (C=O) groups excluding carboxylic acids is 1. The van der Waals surface area contributed by atoms with Gasteiger partial charge in [-0.1, -0.05) is 18.2 Å². The molecule has 1 amide bonds. The van der Waals surface area contributed by atoms with Crippen LogP contribution in [0.4, 0.5) is 23.2 Å².